The van der Waals surface area contributed by atoms with Crippen LogP contribution in [0, 0.1) is 5.92 Å². The second kappa shape index (κ2) is 10.4. The Morgan fingerprint density at radius 2 is 1.96 bits per heavy atom. The highest BCUT2D eigenvalue weighted by Gasteiger charge is 2.02. The Hall–Kier alpha value is -1.37. The molecule has 1 aromatic heterocycles. The molecule has 0 atom stereocenters. The van der Waals surface area contributed by atoms with E-state index in [1.807, 2.05) is 30.5 Å². The Morgan fingerprint density at radius 3 is 2.70 bits per heavy atom. The number of fused-ring (bicyclic) bond motifs is 1. The molecule has 0 bridgehead atoms. The molecule has 0 fully saturated rings. The minimum atomic E-state index is 0. The molecule has 0 aliphatic carbocycles. The first-order valence-electron chi connectivity index (χ1n) is 8.05. The van der Waals surface area contributed by atoms with Crippen LogP contribution in [0.1, 0.15) is 32.8 Å². The first-order chi connectivity index (χ1) is 10.7. The molecule has 0 unspecified atom stereocenters. The van der Waals surface area contributed by atoms with E-state index in [0.717, 1.165) is 31.0 Å². The van der Waals surface area contributed by atoms with Gasteiger partial charge >= 0.3 is 0 Å². The summed E-state index contributed by atoms with van der Waals surface area (Å²) >= 11 is 0. The van der Waals surface area contributed by atoms with Crippen molar-refractivity contribution in [3.05, 3.63) is 42.1 Å². The lowest BCUT2D eigenvalue weighted by atomic mass is 10.1. The highest BCUT2D eigenvalue weighted by molar-refractivity contribution is 14.0. The summed E-state index contributed by atoms with van der Waals surface area (Å²) in [5, 5.41) is 7.86. The summed E-state index contributed by atoms with van der Waals surface area (Å²) in [5.41, 5.74) is 2.22. The van der Waals surface area contributed by atoms with Gasteiger partial charge in [0.2, 0.25) is 0 Å². The van der Waals surface area contributed by atoms with Crippen LogP contribution in [0.5, 0.6) is 0 Å². The summed E-state index contributed by atoms with van der Waals surface area (Å²) in [7, 11) is 0. The van der Waals surface area contributed by atoms with Gasteiger partial charge in [-0.15, -0.1) is 24.0 Å². The number of hydrogen-bond donors (Lipinski definition) is 2. The van der Waals surface area contributed by atoms with Gasteiger partial charge in [-0.1, -0.05) is 32.0 Å². The number of halogens is 1. The number of aliphatic imine (C=N–C) groups is 1. The molecule has 0 amide bonds. The number of nitrogens with one attached hydrogen (secondary N) is 2. The quantitative estimate of drug-likeness (QED) is 0.418. The lowest BCUT2D eigenvalue weighted by Crippen LogP contribution is -2.38. The Kier molecular flexibility index (Phi) is 8.91. The molecule has 5 heteroatoms. The number of hydrogen-bond acceptors (Lipinski definition) is 2. The van der Waals surface area contributed by atoms with Gasteiger partial charge in [0.1, 0.15) is 0 Å². The van der Waals surface area contributed by atoms with Crippen molar-refractivity contribution in [2.75, 3.05) is 13.1 Å². The summed E-state index contributed by atoms with van der Waals surface area (Å²) in [6.07, 6.45) is 2.99. The highest BCUT2D eigenvalue weighted by atomic mass is 127. The molecule has 2 N–H and O–H groups in total. The van der Waals surface area contributed by atoms with Crippen LogP contribution in [0.3, 0.4) is 0 Å². The zero-order chi connectivity index (χ0) is 15.8. The number of pyridine rings is 1. The molecule has 2 aromatic rings. The van der Waals surface area contributed by atoms with E-state index in [4.69, 9.17) is 4.99 Å². The molecular formula is C18H27IN4. The summed E-state index contributed by atoms with van der Waals surface area (Å²) < 4.78 is 0. The Balaban J connectivity index is 0.00000264. The maximum Gasteiger partial charge on any atom is 0.191 e. The van der Waals surface area contributed by atoms with E-state index in [1.165, 1.54) is 10.9 Å². The summed E-state index contributed by atoms with van der Waals surface area (Å²) in [4.78, 5) is 9.09. The van der Waals surface area contributed by atoms with Crippen LogP contribution in [0.25, 0.3) is 10.9 Å². The molecule has 1 heterocycles. The van der Waals surface area contributed by atoms with Crippen LogP contribution < -0.4 is 10.6 Å². The molecule has 0 saturated heterocycles. The van der Waals surface area contributed by atoms with Crippen molar-refractivity contribution in [3.63, 3.8) is 0 Å². The number of para-hydroxylation sites is 1. The number of rotatable bonds is 6. The van der Waals surface area contributed by atoms with E-state index in [9.17, 15) is 0 Å². The van der Waals surface area contributed by atoms with Crippen molar-refractivity contribution in [2.45, 2.75) is 33.7 Å². The van der Waals surface area contributed by atoms with Gasteiger partial charge in [0, 0.05) is 24.7 Å². The molecule has 0 saturated carbocycles. The van der Waals surface area contributed by atoms with Crippen molar-refractivity contribution < 1.29 is 0 Å². The third-order valence-electron chi connectivity index (χ3n) is 3.51. The summed E-state index contributed by atoms with van der Waals surface area (Å²) in [5.74, 6) is 1.57. The Morgan fingerprint density at radius 1 is 1.17 bits per heavy atom. The molecule has 0 aliphatic heterocycles. The number of guanidine groups is 1. The highest BCUT2D eigenvalue weighted by Crippen LogP contribution is 2.16. The third-order valence-corrected chi connectivity index (χ3v) is 3.51. The fourth-order valence-corrected chi connectivity index (χ4v) is 2.28. The molecule has 0 aliphatic rings. The minimum Gasteiger partial charge on any atom is -0.357 e. The molecule has 23 heavy (non-hydrogen) atoms. The molecule has 0 radical (unpaired) electrons. The van der Waals surface area contributed by atoms with Gasteiger partial charge in [-0.25, -0.2) is 4.99 Å². The second-order valence-electron chi connectivity index (χ2n) is 5.79. The Bertz CT molecular complexity index is 620. The van der Waals surface area contributed by atoms with E-state index in [0.29, 0.717) is 12.5 Å². The Labute approximate surface area is 156 Å². The lowest BCUT2D eigenvalue weighted by Gasteiger charge is -2.12. The van der Waals surface area contributed by atoms with Gasteiger partial charge in [0.25, 0.3) is 0 Å². The van der Waals surface area contributed by atoms with E-state index < -0.39 is 0 Å². The molecule has 2 rings (SSSR count). The fourth-order valence-electron chi connectivity index (χ4n) is 2.28. The van der Waals surface area contributed by atoms with Crippen molar-refractivity contribution in [2.24, 2.45) is 10.9 Å². The third kappa shape index (κ3) is 6.33. The van der Waals surface area contributed by atoms with Crippen molar-refractivity contribution in [3.8, 4) is 0 Å². The zero-order valence-electron chi connectivity index (χ0n) is 14.2. The van der Waals surface area contributed by atoms with E-state index in [-0.39, 0.29) is 24.0 Å². The van der Waals surface area contributed by atoms with E-state index >= 15 is 0 Å². The lowest BCUT2D eigenvalue weighted by molar-refractivity contribution is 0.573. The maximum absolute atomic E-state index is 4.70. The van der Waals surface area contributed by atoms with Crippen LogP contribution >= 0.6 is 24.0 Å². The predicted octanol–water partition coefficient (Wildman–Crippen LogP) is 3.95. The first-order valence-corrected chi connectivity index (χ1v) is 8.05. The topological polar surface area (TPSA) is 49.3 Å². The van der Waals surface area contributed by atoms with Crippen molar-refractivity contribution in [1.29, 1.82) is 0 Å². The average molecular weight is 426 g/mol. The number of benzene rings is 1. The largest absolute Gasteiger partial charge is 0.357 e. The van der Waals surface area contributed by atoms with Crippen molar-refractivity contribution >= 4 is 40.8 Å². The standard InChI is InChI=1S/C18H26N4.HI/c1-4-19-18(21-11-9-14(2)3)22-13-15-10-12-20-17-8-6-5-7-16(15)17;/h5-8,10,12,14H,4,9,11,13H2,1-3H3,(H2,19,21,22);1H. The zero-order valence-corrected chi connectivity index (χ0v) is 16.5. The van der Waals surface area contributed by atoms with Gasteiger partial charge in [-0.3, -0.25) is 4.98 Å². The van der Waals surface area contributed by atoms with Gasteiger partial charge in [-0.05, 0) is 37.0 Å². The van der Waals surface area contributed by atoms with Gasteiger partial charge in [0.05, 0.1) is 12.1 Å². The van der Waals surface area contributed by atoms with Crippen LogP contribution in [0.15, 0.2) is 41.5 Å². The van der Waals surface area contributed by atoms with Gasteiger partial charge in [0.15, 0.2) is 5.96 Å². The average Bonchev–Trinajstić information content (AvgIpc) is 2.52. The molecule has 1 aromatic carbocycles. The second-order valence-corrected chi connectivity index (χ2v) is 5.79. The first kappa shape index (κ1) is 19.7. The van der Waals surface area contributed by atoms with Gasteiger partial charge < -0.3 is 10.6 Å². The number of aromatic nitrogens is 1. The monoisotopic (exact) mass is 426 g/mol. The normalized spacial score (nSPS) is 11.4. The van der Waals surface area contributed by atoms with Crippen LogP contribution in [-0.4, -0.2) is 24.0 Å². The van der Waals surface area contributed by atoms with E-state index in [1.54, 1.807) is 0 Å². The smallest absolute Gasteiger partial charge is 0.191 e. The van der Waals surface area contributed by atoms with Gasteiger partial charge in [-0.2, -0.15) is 0 Å². The molecular weight excluding hydrogens is 399 g/mol. The molecule has 126 valence electrons. The SMILES string of the molecule is CCNC(=NCc1ccnc2ccccc12)NCCC(C)C.I. The van der Waals surface area contributed by atoms with E-state index in [2.05, 4.69) is 42.5 Å². The fraction of sp³-hybridized carbons (Fsp3) is 0.444. The van der Waals surface area contributed by atoms with Crippen LogP contribution in [0.4, 0.5) is 0 Å². The molecule has 0 spiro atoms. The maximum atomic E-state index is 4.70. The minimum absolute atomic E-state index is 0. The number of nitrogens with zero attached hydrogens (tertiary/aromatic N) is 2. The summed E-state index contributed by atoms with van der Waals surface area (Å²) in [6.45, 7) is 9.01. The predicted molar refractivity (Wildman–Crippen MR) is 109 cm³/mol. The van der Waals surface area contributed by atoms with Crippen LogP contribution in [-0.2, 0) is 6.54 Å². The van der Waals surface area contributed by atoms with Crippen LogP contribution in [0.2, 0.25) is 0 Å². The summed E-state index contributed by atoms with van der Waals surface area (Å²) in [6, 6.07) is 10.2. The molecule has 4 nitrogen and oxygen atoms in total. The van der Waals surface area contributed by atoms with Crippen molar-refractivity contribution in [1.82, 2.24) is 15.6 Å².